The number of ether oxygens (including phenoxy) is 1. The molecule has 6 heteroatoms. The summed E-state index contributed by atoms with van der Waals surface area (Å²) in [5.41, 5.74) is 0.999. The molecule has 2 aromatic heterocycles. The number of nitrogens with zero attached hydrogens (tertiary/aromatic N) is 2. The molecule has 0 saturated heterocycles. The van der Waals surface area contributed by atoms with Gasteiger partial charge in [0.15, 0.2) is 11.6 Å². The first-order chi connectivity index (χ1) is 8.85. The number of anilines is 3. The molecule has 0 aliphatic heterocycles. The Kier molecular flexibility index (Phi) is 4.35. The van der Waals surface area contributed by atoms with Gasteiger partial charge in [-0.05, 0) is 17.9 Å². The van der Waals surface area contributed by atoms with Crippen LogP contribution in [0.5, 0.6) is 5.75 Å². The van der Waals surface area contributed by atoms with Crippen LogP contribution in [0.1, 0.15) is 13.3 Å². The van der Waals surface area contributed by atoms with Crippen molar-refractivity contribution in [2.45, 2.75) is 13.3 Å². The third kappa shape index (κ3) is 2.89. The molecule has 2 aromatic rings. The zero-order chi connectivity index (χ0) is 12.8. The van der Waals surface area contributed by atoms with Crippen LogP contribution >= 0.6 is 11.3 Å². The van der Waals surface area contributed by atoms with Crippen LogP contribution in [-0.4, -0.2) is 23.6 Å². The van der Waals surface area contributed by atoms with E-state index in [-0.39, 0.29) is 0 Å². The molecule has 0 unspecified atom stereocenters. The number of methoxy groups -OCH3 is 1. The van der Waals surface area contributed by atoms with E-state index < -0.39 is 0 Å². The second kappa shape index (κ2) is 6.20. The third-order valence-corrected chi connectivity index (χ3v) is 3.02. The van der Waals surface area contributed by atoms with E-state index in [0.717, 1.165) is 18.7 Å². The second-order valence-corrected chi connectivity index (χ2v) is 4.45. The van der Waals surface area contributed by atoms with Crippen LogP contribution < -0.4 is 15.4 Å². The minimum absolute atomic E-state index is 0.636. The van der Waals surface area contributed by atoms with Crippen molar-refractivity contribution in [2.75, 3.05) is 24.3 Å². The van der Waals surface area contributed by atoms with Gasteiger partial charge in [-0.15, -0.1) is 0 Å². The number of hydrogen-bond donors (Lipinski definition) is 2. The van der Waals surface area contributed by atoms with Crippen molar-refractivity contribution < 1.29 is 4.74 Å². The normalized spacial score (nSPS) is 10.1. The van der Waals surface area contributed by atoms with E-state index in [1.165, 1.54) is 6.33 Å². The Balaban J connectivity index is 2.23. The SMILES string of the molecule is CCCNc1ncnc(Nc2ccsc2)c1OC. The molecule has 0 amide bonds. The van der Waals surface area contributed by atoms with Crippen LogP contribution in [0.2, 0.25) is 0 Å². The predicted molar refractivity (Wildman–Crippen MR) is 75.0 cm³/mol. The topological polar surface area (TPSA) is 59.1 Å². The molecule has 0 aliphatic rings. The summed E-state index contributed by atoms with van der Waals surface area (Å²) in [6, 6.07) is 1.99. The monoisotopic (exact) mass is 264 g/mol. The molecule has 0 saturated carbocycles. The standard InChI is InChI=1S/C12H16N4OS/c1-3-5-13-11-10(17-2)12(15-8-14-11)16-9-4-6-18-7-9/h4,6-8H,3,5H2,1-2H3,(H2,13,14,15,16). The summed E-state index contributed by atoms with van der Waals surface area (Å²) in [5.74, 6) is 2.02. The van der Waals surface area contributed by atoms with Crippen molar-refractivity contribution in [1.29, 1.82) is 0 Å². The minimum Gasteiger partial charge on any atom is -0.490 e. The zero-order valence-electron chi connectivity index (χ0n) is 10.4. The lowest BCUT2D eigenvalue weighted by atomic mass is 10.4. The smallest absolute Gasteiger partial charge is 0.204 e. The lowest BCUT2D eigenvalue weighted by Gasteiger charge is -2.13. The molecule has 96 valence electrons. The van der Waals surface area contributed by atoms with Gasteiger partial charge in [-0.3, -0.25) is 0 Å². The Morgan fingerprint density at radius 1 is 1.33 bits per heavy atom. The van der Waals surface area contributed by atoms with Gasteiger partial charge < -0.3 is 15.4 Å². The van der Waals surface area contributed by atoms with Crippen LogP contribution in [0.25, 0.3) is 0 Å². The van der Waals surface area contributed by atoms with Crippen molar-refractivity contribution in [3.8, 4) is 5.75 Å². The second-order valence-electron chi connectivity index (χ2n) is 3.67. The molecule has 2 rings (SSSR count). The first-order valence-corrected chi connectivity index (χ1v) is 6.71. The summed E-state index contributed by atoms with van der Waals surface area (Å²) in [6.45, 7) is 2.95. The molecular formula is C12H16N4OS. The Hall–Kier alpha value is -1.82. The molecule has 0 aromatic carbocycles. The highest BCUT2D eigenvalue weighted by Gasteiger charge is 2.11. The quantitative estimate of drug-likeness (QED) is 0.839. The van der Waals surface area contributed by atoms with Crippen LogP contribution in [0, 0.1) is 0 Å². The zero-order valence-corrected chi connectivity index (χ0v) is 11.3. The van der Waals surface area contributed by atoms with E-state index in [2.05, 4.69) is 27.5 Å². The summed E-state index contributed by atoms with van der Waals surface area (Å²) < 4.78 is 5.38. The lowest BCUT2D eigenvalue weighted by molar-refractivity contribution is 0.415. The molecule has 0 atom stereocenters. The third-order valence-electron chi connectivity index (χ3n) is 2.33. The Labute approximate surface area is 110 Å². The van der Waals surface area contributed by atoms with Gasteiger partial charge >= 0.3 is 0 Å². The van der Waals surface area contributed by atoms with Crippen LogP contribution in [0.15, 0.2) is 23.2 Å². The molecule has 0 spiro atoms. The fourth-order valence-corrected chi connectivity index (χ4v) is 2.09. The highest BCUT2D eigenvalue weighted by molar-refractivity contribution is 7.08. The first-order valence-electron chi connectivity index (χ1n) is 5.77. The molecule has 0 aliphatic carbocycles. The van der Waals surface area contributed by atoms with Gasteiger partial charge in [-0.2, -0.15) is 11.3 Å². The minimum atomic E-state index is 0.636. The number of nitrogens with one attached hydrogen (secondary N) is 2. The molecule has 0 fully saturated rings. The molecule has 0 radical (unpaired) electrons. The number of thiophene rings is 1. The first kappa shape index (κ1) is 12.6. The van der Waals surface area contributed by atoms with E-state index in [1.54, 1.807) is 18.4 Å². The van der Waals surface area contributed by atoms with Crippen molar-refractivity contribution >= 4 is 28.7 Å². The van der Waals surface area contributed by atoms with Gasteiger partial charge in [0.25, 0.3) is 0 Å². The number of aromatic nitrogens is 2. The van der Waals surface area contributed by atoms with Crippen molar-refractivity contribution in [3.63, 3.8) is 0 Å². The van der Waals surface area contributed by atoms with Crippen molar-refractivity contribution in [2.24, 2.45) is 0 Å². The number of rotatable bonds is 6. The van der Waals surface area contributed by atoms with Gasteiger partial charge in [0.1, 0.15) is 6.33 Å². The van der Waals surface area contributed by atoms with Crippen molar-refractivity contribution in [1.82, 2.24) is 9.97 Å². The van der Waals surface area contributed by atoms with Crippen LogP contribution in [0.3, 0.4) is 0 Å². The van der Waals surface area contributed by atoms with Crippen LogP contribution in [0.4, 0.5) is 17.3 Å². The molecule has 2 N–H and O–H groups in total. The Morgan fingerprint density at radius 3 is 2.83 bits per heavy atom. The Morgan fingerprint density at radius 2 is 2.17 bits per heavy atom. The molecular weight excluding hydrogens is 248 g/mol. The highest BCUT2D eigenvalue weighted by Crippen LogP contribution is 2.31. The van der Waals surface area contributed by atoms with Gasteiger partial charge in [-0.25, -0.2) is 9.97 Å². The molecule has 5 nitrogen and oxygen atoms in total. The maximum atomic E-state index is 5.38. The van der Waals surface area contributed by atoms with E-state index in [1.807, 2.05) is 16.8 Å². The maximum absolute atomic E-state index is 5.38. The van der Waals surface area contributed by atoms with Crippen molar-refractivity contribution in [3.05, 3.63) is 23.2 Å². The summed E-state index contributed by atoms with van der Waals surface area (Å²) in [6.07, 6.45) is 2.55. The summed E-state index contributed by atoms with van der Waals surface area (Å²) in [5, 5.41) is 10.5. The van der Waals surface area contributed by atoms with E-state index in [0.29, 0.717) is 17.4 Å². The average molecular weight is 264 g/mol. The fourth-order valence-electron chi connectivity index (χ4n) is 1.50. The van der Waals surface area contributed by atoms with E-state index >= 15 is 0 Å². The lowest BCUT2D eigenvalue weighted by Crippen LogP contribution is -2.06. The molecule has 0 bridgehead atoms. The highest BCUT2D eigenvalue weighted by atomic mass is 32.1. The largest absolute Gasteiger partial charge is 0.490 e. The van der Waals surface area contributed by atoms with Gasteiger partial charge in [0.2, 0.25) is 5.75 Å². The number of hydrogen-bond acceptors (Lipinski definition) is 6. The van der Waals surface area contributed by atoms with E-state index in [4.69, 9.17) is 4.74 Å². The predicted octanol–water partition coefficient (Wildman–Crippen LogP) is 3.11. The Bertz CT molecular complexity index is 487. The van der Waals surface area contributed by atoms with Gasteiger partial charge in [0.05, 0.1) is 12.8 Å². The molecule has 18 heavy (non-hydrogen) atoms. The van der Waals surface area contributed by atoms with Gasteiger partial charge in [-0.1, -0.05) is 6.92 Å². The summed E-state index contributed by atoms with van der Waals surface area (Å²) in [4.78, 5) is 8.40. The van der Waals surface area contributed by atoms with E-state index in [9.17, 15) is 0 Å². The average Bonchev–Trinajstić information content (AvgIpc) is 2.89. The maximum Gasteiger partial charge on any atom is 0.204 e. The van der Waals surface area contributed by atoms with Gasteiger partial charge in [0, 0.05) is 11.9 Å². The molecule has 2 heterocycles. The fraction of sp³-hybridized carbons (Fsp3) is 0.333. The summed E-state index contributed by atoms with van der Waals surface area (Å²) in [7, 11) is 1.62. The van der Waals surface area contributed by atoms with Crippen LogP contribution in [-0.2, 0) is 0 Å². The summed E-state index contributed by atoms with van der Waals surface area (Å²) >= 11 is 1.63.